The Balaban J connectivity index is 3.44. The Hall–Kier alpha value is -0.500. The van der Waals surface area contributed by atoms with Crippen LogP contribution in [0.4, 0.5) is 0 Å². The number of hydrogen-bond acceptors (Lipinski definition) is 2. The van der Waals surface area contributed by atoms with Crippen molar-refractivity contribution in [3.63, 3.8) is 0 Å². The summed E-state index contributed by atoms with van der Waals surface area (Å²) in [7, 11) is 2.01. The summed E-state index contributed by atoms with van der Waals surface area (Å²) in [6, 6.07) is 0. The van der Waals surface area contributed by atoms with E-state index in [0.717, 1.165) is 6.54 Å². The van der Waals surface area contributed by atoms with Gasteiger partial charge in [0.05, 0.1) is 6.26 Å². The molecule has 0 fully saturated rings. The molecule has 0 heterocycles. The van der Waals surface area contributed by atoms with E-state index in [1.807, 2.05) is 14.0 Å². The normalized spacial score (nSPS) is 13.3. The van der Waals surface area contributed by atoms with E-state index in [1.165, 1.54) is 6.26 Å². The van der Waals surface area contributed by atoms with Gasteiger partial charge in [0.25, 0.3) is 0 Å². The van der Waals surface area contributed by atoms with Crippen LogP contribution in [0.2, 0.25) is 0 Å². The second-order valence-corrected chi connectivity index (χ2v) is 1.98. The van der Waals surface area contributed by atoms with Crippen molar-refractivity contribution >= 4 is 0 Å². The first-order chi connectivity index (χ1) is 4.22. The predicted octanol–water partition coefficient (Wildman–Crippen LogP) is 1.44. The molecule has 1 unspecified atom stereocenters. The van der Waals surface area contributed by atoms with E-state index in [4.69, 9.17) is 4.74 Å². The molecular formula is C7H15NO. The van der Waals surface area contributed by atoms with Crippen molar-refractivity contribution < 1.29 is 4.74 Å². The zero-order valence-electron chi connectivity index (χ0n) is 6.42. The maximum absolute atomic E-state index is 5.08. The highest BCUT2D eigenvalue weighted by molar-refractivity contribution is 4.55. The summed E-state index contributed by atoms with van der Waals surface area (Å²) >= 11 is 0. The molecule has 0 aromatic heterocycles. The summed E-state index contributed by atoms with van der Waals surface area (Å²) in [6.07, 6.45) is 1.61. The Morgan fingerprint density at radius 1 is 1.78 bits per heavy atom. The van der Waals surface area contributed by atoms with Gasteiger partial charge in [0.2, 0.25) is 0 Å². The maximum atomic E-state index is 5.08. The van der Waals surface area contributed by atoms with Crippen molar-refractivity contribution in [3.8, 4) is 0 Å². The van der Waals surface area contributed by atoms with Gasteiger partial charge in [-0.3, -0.25) is 4.90 Å². The molecule has 0 aromatic carbocycles. The second-order valence-electron chi connectivity index (χ2n) is 1.98. The third-order valence-electron chi connectivity index (χ3n) is 1.41. The fourth-order valence-electron chi connectivity index (χ4n) is 0.500. The third-order valence-corrected chi connectivity index (χ3v) is 1.41. The quantitative estimate of drug-likeness (QED) is 0.420. The standard InChI is InChI=1S/C7H15NO/c1-5-8(4)7(3)9-6-2/h6-7H,2,5H2,1,3-4H3. The van der Waals surface area contributed by atoms with E-state index < -0.39 is 0 Å². The lowest BCUT2D eigenvalue weighted by Gasteiger charge is -2.21. The summed E-state index contributed by atoms with van der Waals surface area (Å²) in [5.41, 5.74) is 0. The van der Waals surface area contributed by atoms with Crippen molar-refractivity contribution in [3.05, 3.63) is 12.8 Å². The Labute approximate surface area is 57.1 Å². The van der Waals surface area contributed by atoms with Crippen molar-refractivity contribution in [1.82, 2.24) is 4.90 Å². The van der Waals surface area contributed by atoms with Gasteiger partial charge in [0.1, 0.15) is 6.23 Å². The molecule has 0 radical (unpaired) electrons. The van der Waals surface area contributed by atoms with Crippen molar-refractivity contribution in [2.45, 2.75) is 20.1 Å². The molecule has 0 aliphatic heterocycles. The smallest absolute Gasteiger partial charge is 0.148 e. The highest BCUT2D eigenvalue weighted by Gasteiger charge is 2.03. The number of nitrogens with zero attached hydrogens (tertiary/aromatic N) is 1. The average molecular weight is 129 g/mol. The van der Waals surface area contributed by atoms with Gasteiger partial charge in [-0.1, -0.05) is 13.5 Å². The molecule has 0 aliphatic rings. The van der Waals surface area contributed by atoms with E-state index >= 15 is 0 Å². The van der Waals surface area contributed by atoms with Crippen LogP contribution in [0.15, 0.2) is 12.8 Å². The highest BCUT2D eigenvalue weighted by Crippen LogP contribution is 1.95. The SMILES string of the molecule is C=COC(C)N(C)CC. The van der Waals surface area contributed by atoms with Crippen LogP contribution in [0, 0.1) is 0 Å². The van der Waals surface area contributed by atoms with Crippen LogP contribution < -0.4 is 0 Å². The molecule has 0 amide bonds. The van der Waals surface area contributed by atoms with E-state index in [0.29, 0.717) is 0 Å². The van der Waals surface area contributed by atoms with Gasteiger partial charge in [-0.15, -0.1) is 0 Å². The summed E-state index contributed by atoms with van der Waals surface area (Å²) < 4.78 is 5.08. The van der Waals surface area contributed by atoms with Gasteiger partial charge in [0, 0.05) is 0 Å². The average Bonchev–Trinajstić information content (AvgIpc) is 1.87. The number of ether oxygens (including phenoxy) is 1. The molecule has 54 valence electrons. The second kappa shape index (κ2) is 4.39. The molecule has 0 aromatic rings. The molecule has 0 N–H and O–H groups in total. The summed E-state index contributed by atoms with van der Waals surface area (Å²) in [4.78, 5) is 2.08. The highest BCUT2D eigenvalue weighted by atomic mass is 16.5. The minimum Gasteiger partial charge on any atom is -0.484 e. The summed E-state index contributed by atoms with van der Waals surface area (Å²) in [5, 5.41) is 0. The largest absolute Gasteiger partial charge is 0.484 e. The Kier molecular flexibility index (Phi) is 4.14. The zero-order chi connectivity index (χ0) is 7.28. The van der Waals surface area contributed by atoms with Gasteiger partial charge in [-0.2, -0.15) is 0 Å². The first-order valence-electron chi connectivity index (χ1n) is 3.19. The van der Waals surface area contributed by atoms with Crippen LogP contribution in [0.3, 0.4) is 0 Å². The molecule has 0 rings (SSSR count). The molecule has 0 bridgehead atoms. The van der Waals surface area contributed by atoms with Crippen LogP contribution in [-0.4, -0.2) is 24.7 Å². The van der Waals surface area contributed by atoms with E-state index in [-0.39, 0.29) is 6.23 Å². The van der Waals surface area contributed by atoms with E-state index in [1.54, 1.807) is 0 Å². The number of rotatable bonds is 4. The minimum absolute atomic E-state index is 0.146. The van der Waals surface area contributed by atoms with E-state index in [2.05, 4.69) is 18.4 Å². The van der Waals surface area contributed by atoms with Gasteiger partial charge < -0.3 is 4.74 Å². The van der Waals surface area contributed by atoms with Gasteiger partial charge in [-0.05, 0) is 20.5 Å². The van der Waals surface area contributed by atoms with Crippen LogP contribution in [0.25, 0.3) is 0 Å². The molecule has 0 aliphatic carbocycles. The molecule has 0 saturated carbocycles. The fraction of sp³-hybridized carbons (Fsp3) is 0.714. The Bertz CT molecular complexity index is 83.0. The Morgan fingerprint density at radius 3 is 2.67 bits per heavy atom. The maximum Gasteiger partial charge on any atom is 0.148 e. The molecule has 0 saturated heterocycles. The minimum atomic E-state index is 0.146. The monoisotopic (exact) mass is 129 g/mol. The molecule has 1 atom stereocenters. The lowest BCUT2D eigenvalue weighted by Crippen LogP contribution is -2.29. The van der Waals surface area contributed by atoms with Crippen LogP contribution in [0.1, 0.15) is 13.8 Å². The Morgan fingerprint density at radius 2 is 2.33 bits per heavy atom. The molecular weight excluding hydrogens is 114 g/mol. The zero-order valence-corrected chi connectivity index (χ0v) is 6.42. The van der Waals surface area contributed by atoms with Crippen molar-refractivity contribution in [2.75, 3.05) is 13.6 Å². The van der Waals surface area contributed by atoms with Crippen LogP contribution in [-0.2, 0) is 4.74 Å². The first kappa shape index (κ1) is 8.50. The third kappa shape index (κ3) is 3.14. The lowest BCUT2D eigenvalue weighted by atomic mass is 10.5. The first-order valence-corrected chi connectivity index (χ1v) is 3.19. The van der Waals surface area contributed by atoms with Crippen molar-refractivity contribution in [2.24, 2.45) is 0 Å². The van der Waals surface area contributed by atoms with Crippen molar-refractivity contribution in [1.29, 1.82) is 0 Å². The van der Waals surface area contributed by atoms with Gasteiger partial charge >= 0.3 is 0 Å². The van der Waals surface area contributed by atoms with Crippen LogP contribution >= 0.6 is 0 Å². The van der Waals surface area contributed by atoms with Gasteiger partial charge in [0.15, 0.2) is 0 Å². The summed E-state index contributed by atoms with van der Waals surface area (Å²) in [5.74, 6) is 0. The summed E-state index contributed by atoms with van der Waals surface area (Å²) in [6.45, 7) is 8.54. The van der Waals surface area contributed by atoms with E-state index in [9.17, 15) is 0 Å². The predicted molar refractivity (Wildman–Crippen MR) is 39.0 cm³/mol. The number of hydrogen-bond donors (Lipinski definition) is 0. The fourth-order valence-corrected chi connectivity index (χ4v) is 0.500. The topological polar surface area (TPSA) is 12.5 Å². The molecule has 0 spiro atoms. The lowest BCUT2D eigenvalue weighted by molar-refractivity contribution is 0.0272. The molecule has 2 nitrogen and oxygen atoms in total. The van der Waals surface area contributed by atoms with Gasteiger partial charge in [-0.25, -0.2) is 0 Å². The molecule has 9 heavy (non-hydrogen) atoms. The van der Waals surface area contributed by atoms with Crippen LogP contribution in [0.5, 0.6) is 0 Å². The molecule has 2 heteroatoms.